The fourth-order valence-electron chi connectivity index (χ4n) is 3.20. The van der Waals surface area contributed by atoms with E-state index in [0.29, 0.717) is 23.4 Å². The van der Waals surface area contributed by atoms with E-state index in [1.54, 1.807) is 22.6 Å². The molecule has 1 atom stereocenters. The van der Waals surface area contributed by atoms with Gasteiger partial charge in [-0.2, -0.15) is 4.31 Å². The van der Waals surface area contributed by atoms with Crippen molar-refractivity contribution in [3.8, 4) is 0 Å². The van der Waals surface area contributed by atoms with Gasteiger partial charge in [-0.25, -0.2) is 8.42 Å². The van der Waals surface area contributed by atoms with Gasteiger partial charge < -0.3 is 5.32 Å². The molecule has 0 spiro atoms. The van der Waals surface area contributed by atoms with Crippen LogP contribution in [0.25, 0.3) is 10.9 Å². The van der Waals surface area contributed by atoms with Gasteiger partial charge in [-0.3, -0.25) is 4.98 Å². The Labute approximate surface area is 143 Å². The van der Waals surface area contributed by atoms with Crippen LogP contribution in [-0.4, -0.2) is 43.9 Å². The van der Waals surface area contributed by atoms with Crippen molar-refractivity contribution in [2.24, 2.45) is 0 Å². The van der Waals surface area contributed by atoms with Gasteiger partial charge in [0.15, 0.2) is 0 Å². The molecule has 1 aliphatic rings. The summed E-state index contributed by atoms with van der Waals surface area (Å²) < 4.78 is 27.9. The van der Waals surface area contributed by atoms with Crippen molar-refractivity contribution < 1.29 is 8.42 Å². The second-order valence-corrected chi connectivity index (χ2v) is 7.61. The third-order valence-corrected chi connectivity index (χ3v) is 6.29. The zero-order valence-electron chi connectivity index (χ0n) is 13.3. The largest absolute Gasteiger partial charge is 0.318 e. The molecule has 0 amide bonds. The second kappa shape index (κ2) is 7.13. The highest BCUT2D eigenvalue weighted by atomic mass is 35.5. The summed E-state index contributed by atoms with van der Waals surface area (Å²) in [6.45, 7) is 3.22. The zero-order valence-corrected chi connectivity index (χ0v) is 15.0. The Morgan fingerprint density at radius 2 is 2.13 bits per heavy atom. The van der Waals surface area contributed by atoms with Crippen LogP contribution in [0, 0.1) is 6.92 Å². The van der Waals surface area contributed by atoms with Gasteiger partial charge >= 0.3 is 0 Å². The molecular weight excluding hydrogens is 334 g/mol. The molecule has 7 heteroatoms. The number of halogens is 1. The highest BCUT2D eigenvalue weighted by Crippen LogP contribution is 2.30. The quantitative estimate of drug-likeness (QED) is 0.914. The summed E-state index contributed by atoms with van der Waals surface area (Å²) >= 11 is 0. The lowest BCUT2D eigenvalue weighted by molar-refractivity contribution is 0.379. The van der Waals surface area contributed by atoms with E-state index in [2.05, 4.69) is 10.3 Å². The lowest BCUT2D eigenvalue weighted by Crippen LogP contribution is -2.40. The summed E-state index contributed by atoms with van der Waals surface area (Å²) in [7, 11) is -1.64. The van der Waals surface area contributed by atoms with Crippen molar-refractivity contribution in [3.63, 3.8) is 0 Å². The normalized spacial score (nSPS) is 19.0. The fraction of sp³-hybridized carbons (Fsp3) is 0.438. The average Bonchev–Trinajstić information content (AvgIpc) is 2.97. The molecule has 1 N–H and O–H groups in total. The minimum atomic E-state index is -3.50. The number of pyridine rings is 1. The monoisotopic (exact) mass is 355 g/mol. The highest BCUT2D eigenvalue weighted by molar-refractivity contribution is 7.89. The van der Waals surface area contributed by atoms with Gasteiger partial charge in [-0.15, -0.1) is 12.4 Å². The molecule has 126 valence electrons. The Morgan fingerprint density at radius 3 is 2.87 bits per heavy atom. The van der Waals surface area contributed by atoms with Gasteiger partial charge in [0.1, 0.15) is 0 Å². The predicted octanol–water partition coefficient (Wildman–Crippen LogP) is 2.34. The molecule has 0 radical (unpaired) electrons. The van der Waals surface area contributed by atoms with Crippen LogP contribution < -0.4 is 5.32 Å². The summed E-state index contributed by atoms with van der Waals surface area (Å²) in [4.78, 5) is 4.71. The molecule has 23 heavy (non-hydrogen) atoms. The number of fused-ring (bicyclic) bond motifs is 1. The number of hydrogen-bond acceptors (Lipinski definition) is 4. The third-order valence-electron chi connectivity index (χ3n) is 4.28. The van der Waals surface area contributed by atoms with E-state index in [1.807, 2.05) is 26.1 Å². The standard InChI is InChI=1S/C16H21N3O2S.ClH/c1-12-7-8-15(14-6-3-9-18-16(12)14)22(20,21)19-10-4-5-13(19)11-17-2;/h3,6-9,13,17H,4-5,10-11H2,1-2H3;1H. The van der Waals surface area contributed by atoms with Crippen LogP contribution in [0.1, 0.15) is 18.4 Å². The molecule has 1 aromatic carbocycles. The van der Waals surface area contributed by atoms with Crippen LogP contribution in [0.2, 0.25) is 0 Å². The van der Waals surface area contributed by atoms with Gasteiger partial charge in [0, 0.05) is 30.7 Å². The van der Waals surface area contributed by atoms with Crippen molar-refractivity contribution in [1.29, 1.82) is 0 Å². The number of aryl methyl sites for hydroxylation is 1. The molecule has 3 rings (SSSR count). The number of nitrogens with one attached hydrogen (secondary N) is 1. The minimum Gasteiger partial charge on any atom is -0.318 e. The molecule has 0 saturated carbocycles. The Morgan fingerprint density at radius 1 is 1.35 bits per heavy atom. The summed E-state index contributed by atoms with van der Waals surface area (Å²) in [6, 6.07) is 7.21. The van der Waals surface area contributed by atoms with Crippen LogP contribution in [0.15, 0.2) is 35.4 Å². The van der Waals surface area contributed by atoms with Gasteiger partial charge in [0.05, 0.1) is 10.4 Å². The van der Waals surface area contributed by atoms with E-state index in [-0.39, 0.29) is 18.4 Å². The first-order valence-corrected chi connectivity index (χ1v) is 9.00. The van der Waals surface area contributed by atoms with E-state index in [1.165, 1.54) is 0 Å². The fourth-order valence-corrected chi connectivity index (χ4v) is 5.08. The van der Waals surface area contributed by atoms with E-state index in [4.69, 9.17) is 0 Å². The maximum atomic E-state index is 13.1. The second-order valence-electron chi connectivity index (χ2n) is 5.75. The van der Waals surface area contributed by atoms with Crippen LogP contribution >= 0.6 is 12.4 Å². The Bertz CT molecular complexity index is 795. The highest BCUT2D eigenvalue weighted by Gasteiger charge is 2.35. The summed E-state index contributed by atoms with van der Waals surface area (Å²) in [5.41, 5.74) is 1.75. The van der Waals surface area contributed by atoms with Crippen molar-refractivity contribution in [2.75, 3.05) is 20.1 Å². The first-order valence-electron chi connectivity index (χ1n) is 7.56. The molecule has 1 aliphatic heterocycles. The van der Waals surface area contributed by atoms with E-state index in [9.17, 15) is 8.42 Å². The van der Waals surface area contributed by atoms with Gasteiger partial charge in [-0.05, 0) is 50.6 Å². The van der Waals surface area contributed by atoms with Gasteiger partial charge in [-0.1, -0.05) is 6.07 Å². The maximum Gasteiger partial charge on any atom is 0.244 e. The Kier molecular flexibility index (Phi) is 5.62. The molecule has 0 bridgehead atoms. The van der Waals surface area contributed by atoms with Gasteiger partial charge in [0.25, 0.3) is 0 Å². The number of rotatable bonds is 4. The van der Waals surface area contributed by atoms with Crippen LogP contribution in [-0.2, 0) is 10.0 Å². The van der Waals surface area contributed by atoms with E-state index < -0.39 is 10.0 Å². The molecule has 1 aromatic heterocycles. The lowest BCUT2D eigenvalue weighted by atomic mass is 10.1. The molecule has 5 nitrogen and oxygen atoms in total. The van der Waals surface area contributed by atoms with Crippen molar-refractivity contribution in [2.45, 2.75) is 30.7 Å². The maximum absolute atomic E-state index is 13.1. The van der Waals surface area contributed by atoms with Crippen LogP contribution in [0.5, 0.6) is 0 Å². The molecule has 2 aromatic rings. The van der Waals surface area contributed by atoms with Crippen molar-refractivity contribution in [1.82, 2.24) is 14.6 Å². The third kappa shape index (κ3) is 3.21. The number of benzene rings is 1. The molecule has 0 aliphatic carbocycles. The van der Waals surface area contributed by atoms with E-state index in [0.717, 1.165) is 23.9 Å². The first-order chi connectivity index (χ1) is 10.6. The molecule has 1 saturated heterocycles. The van der Waals surface area contributed by atoms with Crippen molar-refractivity contribution in [3.05, 3.63) is 36.0 Å². The molecule has 1 fully saturated rings. The average molecular weight is 356 g/mol. The molecule has 1 unspecified atom stereocenters. The van der Waals surface area contributed by atoms with Gasteiger partial charge in [0.2, 0.25) is 10.0 Å². The summed E-state index contributed by atoms with van der Waals surface area (Å²) in [6.07, 6.45) is 3.52. The SMILES string of the molecule is CNCC1CCCN1S(=O)(=O)c1ccc(C)c2ncccc12.Cl. The number of nitrogens with zero attached hydrogens (tertiary/aromatic N) is 2. The van der Waals surface area contributed by atoms with Crippen LogP contribution in [0.4, 0.5) is 0 Å². The summed E-state index contributed by atoms with van der Waals surface area (Å²) in [5.74, 6) is 0. The smallest absolute Gasteiger partial charge is 0.244 e. The van der Waals surface area contributed by atoms with Crippen molar-refractivity contribution >= 4 is 33.3 Å². The number of hydrogen-bond donors (Lipinski definition) is 1. The summed E-state index contributed by atoms with van der Waals surface area (Å²) in [5, 5.41) is 3.80. The predicted molar refractivity (Wildman–Crippen MR) is 94.6 cm³/mol. The Hall–Kier alpha value is -1.21. The molecule has 2 heterocycles. The minimum absolute atomic E-state index is 0. The number of aromatic nitrogens is 1. The lowest BCUT2D eigenvalue weighted by Gasteiger charge is -2.24. The first kappa shape index (κ1) is 18.1. The topological polar surface area (TPSA) is 62.3 Å². The molecular formula is C16H22ClN3O2S. The van der Waals surface area contributed by atoms with Crippen LogP contribution in [0.3, 0.4) is 0 Å². The number of likely N-dealkylation sites (N-methyl/N-ethyl adjacent to an activating group) is 1. The Balaban J connectivity index is 0.00000192. The van der Waals surface area contributed by atoms with E-state index >= 15 is 0 Å². The zero-order chi connectivity index (χ0) is 15.7. The number of sulfonamides is 1.